The van der Waals surface area contributed by atoms with Gasteiger partial charge in [-0.3, -0.25) is 0 Å². The first kappa shape index (κ1) is 12.0. The number of hydrogen-bond donors (Lipinski definition) is 1. The molecule has 1 N–H and O–H groups in total. The molecule has 0 saturated heterocycles. The lowest BCUT2D eigenvalue weighted by Crippen LogP contribution is -2.30. The van der Waals surface area contributed by atoms with Crippen molar-refractivity contribution in [3.8, 4) is 0 Å². The van der Waals surface area contributed by atoms with E-state index >= 15 is 0 Å². The lowest BCUT2D eigenvalue weighted by atomic mass is 9.90. The van der Waals surface area contributed by atoms with Gasteiger partial charge in [0.25, 0.3) is 0 Å². The predicted octanol–water partition coefficient (Wildman–Crippen LogP) is 3.06. The van der Waals surface area contributed by atoms with Crippen molar-refractivity contribution in [1.82, 2.24) is 5.32 Å². The highest BCUT2D eigenvalue weighted by atomic mass is 14.9. The van der Waals surface area contributed by atoms with Gasteiger partial charge in [-0.1, -0.05) is 33.6 Å². The van der Waals surface area contributed by atoms with Crippen LogP contribution in [0.4, 0.5) is 0 Å². The third-order valence-corrected chi connectivity index (χ3v) is 2.80. The van der Waals surface area contributed by atoms with E-state index in [0.29, 0.717) is 6.04 Å². The van der Waals surface area contributed by atoms with Crippen molar-refractivity contribution in [2.45, 2.75) is 53.0 Å². The molecule has 0 aromatic rings. The summed E-state index contributed by atoms with van der Waals surface area (Å²) in [4.78, 5) is 0. The first-order valence-corrected chi connectivity index (χ1v) is 5.29. The predicted molar refractivity (Wildman–Crippen MR) is 56.4 cm³/mol. The second kappa shape index (κ2) is 6.47. The smallest absolute Gasteiger partial charge is 0.00638 e. The lowest BCUT2D eigenvalue weighted by molar-refractivity contribution is 0.334. The summed E-state index contributed by atoms with van der Waals surface area (Å²) < 4.78 is 0. The molecule has 0 aromatic heterocycles. The molecule has 0 rings (SSSR count). The van der Waals surface area contributed by atoms with Crippen LogP contribution < -0.4 is 5.32 Å². The highest BCUT2D eigenvalue weighted by Crippen LogP contribution is 2.18. The van der Waals surface area contributed by atoms with E-state index in [-0.39, 0.29) is 0 Å². The summed E-state index contributed by atoms with van der Waals surface area (Å²) in [6.07, 6.45) is 4.04. The quantitative estimate of drug-likeness (QED) is 0.647. The fourth-order valence-electron chi connectivity index (χ4n) is 1.59. The van der Waals surface area contributed by atoms with Crippen molar-refractivity contribution in [3.63, 3.8) is 0 Å². The van der Waals surface area contributed by atoms with Gasteiger partial charge in [0.1, 0.15) is 0 Å². The summed E-state index contributed by atoms with van der Waals surface area (Å²) in [5, 5.41) is 3.34. The van der Waals surface area contributed by atoms with Crippen LogP contribution in [0.3, 0.4) is 0 Å². The average molecular weight is 171 g/mol. The molecule has 0 radical (unpaired) electrons. The molecule has 0 aliphatic heterocycles. The Bertz CT molecular complexity index is 99.2. The summed E-state index contributed by atoms with van der Waals surface area (Å²) in [6, 6.07) is 0.675. The molecule has 0 heterocycles. The number of hydrogen-bond acceptors (Lipinski definition) is 1. The minimum absolute atomic E-state index is 0.675. The van der Waals surface area contributed by atoms with E-state index in [1.54, 1.807) is 0 Å². The topological polar surface area (TPSA) is 12.0 Å². The maximum atomic E-state index is 3.34. The minimum Gasteiger partial charge on any atom is -0.317 e. The normalized spacial score (nSPS) is 16.5. The first-order chi connectivity index (χ1) is 5.61. The van der Waals surface area contributed by atoms with Crippen LogP contribution in [0.15, 0.2) is 0 Å². The van der Waals surface area contributed by atoms with E-state index in [4.69, 9.17) is 0 Å². The Morgan fingerprint density at radius 2 is 1.67 bits per heavy atom. The van der Waals surface area contributed by atoms with Crippen molar-refractivity contribution >= 4 is 0 Å². The monoisotopic (exact) mass is 171 g/mol. The molecule has 0 aromatic carbocycles. The molecule has 0 aliphatic rings. The van der Waals surface area contributed by atoms with Crippen molar-refractivity contribution < 1.29 is 0 Å². The maximum absolute atomic E-state index is 3.34. The molecule has 74 valence electrons. The summed E-state index contributed by atoms with van der Waals surface area (Å²) in [5.41, 5.74) is 0. The van der Waals surface area contributed by atoms with Crippen molar-refractivity contribution in [2.75, 3.05) is 7.05 Å². The Balaban J connectivity index is 3.67. The molecule has 0 saturated carbocycles. The molecule has 0 amide bonds. The van der Waals surface area contributed by atoms with Gasteiger partial charge in [-0.25, -0.2) is 0 Å². The van der Waals surface area contributed by atoms with Crippen LogP contribution in [-0.4, -0.2) is 13.1 Å². The molecule has 2 atom stereocenters. The Morgan fingerprint density at radius 1 is 1.08 bits per heavy atom. The van der Waals surface area contributed by atoms with E-state index in [1.165, 1.54) is 19.3 Å². The van der Waals surface area contributed by atoms with Crippen molar-refractivity contribution in [1.29, 1.82) is 0 Å². The Hall–Kier alpha value is -0.0400. The number of rotatable bonds is 6. The van der Waals surface area contributed by atoms with Gasteiger partial charge in [-0.2, -0.15) is 0 Å². The van der Waals surface area contributed by atoms with Gasteiger partial charge in [-0.05, 0) is 32.2 Å². The molecule has 12 heavy (non-hydrogen) atoms. The van der Waals surface area contributed by atoms with E-state index in [9.17, 15) is 0 Å². The Labute approximate surface area is 77.9 Å². The van der Waals surface area contributed by atoms with Gasteiger partial charge in [0.05, 0.1) is 0 Å². The summed E-state index contributed by atoms with van der Waals surface area (Å²) in [7, 11) is 2.06. The largest absolute Gasteiger partial charge is 0.317 e. The average Bonchev–Trinajstić information content (AvgIpc) is 2.04. The molecule has 0 aliphatic carbocycles. The van der Waals surface area contributed by atoms with Crippen LogP contribution in [0.25, 0.3) is 0 Å². The highest BCUT2D eigenvalue weighted by molar-refractivity contribution is 4.69. The maximum Gasteiger partial charge on any atom is 0.00638 e. The zero-order chi connectivity index (χ0) is 9.56. The highest BCUT2D eigenvalue weighted by Gasteiger charge is 2.13. The van der Waals surface area contributed by atoms with Crippen molar-refractivity contribution in [2.24, 2.45) is 11.8 Å². The third kappa shape index (κ3) is 4.76. The van der Waals surface area contributed by atoms with Gasteiger partial charge >= 0.3 is 0 Å². The SMILES string of the molecule is CCC(CCC(C)C)C(C)NC. The Kier molecular flexibility index (Phi) is 6.45. The van der Waals surface area contributed by atoms with Gasteiger partial charge in [0.2, 0.25) is 0 Å². The molecule has 1 heteroatoms. The van der Waals surface area contributed by atoms with Crippen LogP contribution in [0.5, 0.6) is 0 Å². The molecular formula is C11H25N. The van der Waals surface area contributed by atoms with Crippen LogP contribution in [0.2, 0.25) is 0 Å². The zero-order valence-electron chi connectivity index (χ0n) is 9.35. The lowest BCUT2D eigenvalue weighted by Gasteiger charge is -2.22. The second-order valence-electron chi connectivity index (χ2n) is 4.22. The third-order valence-electron chi connectivity index (χ3n) is 2.80. The fourth-order valence-corrected chi connectivity index (χ4v) is 1.59. The van der Waals surface area contributed by atoms with E-state index in [1.807, 2.05) is 0 Å². The summed E-state index contributed by atoms with van der Waals surface area (Å²) in [6.45, 7) is 9.18. The van der Waals surface area contributed by atoms with Crippen LogP contribution >= 0.6 is 0 Å². The van der Waals surface area contributed by atoms with Crippen LogP contribution in [-0.2, 0) is 0 Å². The summed E-state index contributed by atoms with van der Waals surface area (Å²) >= 11 is 0. The Morgan fingerprint density at radius 3 is 2.00 bits per heavy atom. The summed E-state index contributed by atoms with van der Waals surface area (Å²) in [5.74, 6) is 1.71. The van der Waals surface area contributed by atoms with Crippen molar-refractivity contribution in [3.05, 3.63) is 0 Å². The standard InChI is InChI=1S/C11H25N/c1-6-11(10(4)12-5)8-7-9(2)3/h9-12H,6-8H2,1-5H3. The van der Waals surface area contributed by atoms with Gasteiger partial charge in [-0.15, -0.1) is 0 Å². The molecule has 2 unspecified atom stereocenters. The molecule has 0 bridgehead atoms. The first-order valence-electron chi connectivity index (χ1n) is 5.29. The van der Waals surface area contributed by atoms with E-state index in [2.05, 4.69) is 40.1 Å². The van der Waals surface area contributed by atoms with E-state index < -0.39 is 0 Å². The van der Waals surface area contributed by atoms with E-state index in [0.717, 1.165) is 11.8 Å². The minimum atomic E-state index is 0.675. The second-order valence-corrected chi connectivity index (χ2v) is 4.22. The molecular weight excluding hydrogens is 146 g/mol. The van der Waals surface area contributed by atoms with Gasteiger partial charge in [0, 0.05) is 6.04 Å². The molecule has 0 spiro atoms. The van der Waals surface area contributed by atoms with Gasteiger partial charge < -0.3 is 5.32 Å². The fraction of sp³-hybridized carbons (Fsp3) is 1.00. The molecule has 0 fully saturated rings. The molecule has 1 nitrogen and oxygen atoms in total. The number of nitrogens with one attached hydrogen (secondary N) is 1. The van der Waals surface area contributed by atoms with Gasteiger partial charge in [0.15, 0.2) is 0 Å². The van der Waals surface area contributed by atoms with Crippen LogP contribution in [0, 0.1) is 11.8 Å². The van der Waals surface area contributed by atoms with Crippen LogP contribution in [0.1, 0.15) is 47.0 Å². The zero-order valence-corrected chi connectivity index (χ0v) is 9.35.